The summed E-state index contributed by atoms with van der Waals surface area (Å²) in [7, 11) is 1.47. The summed E-state index contributed by atoms with van der Waals surface area (Å²) >= 11 is 0. The molecule has 0 aliphatic heterocycles. The number of anilines is 2. The van der Waals surface area contributed by atoms with Gasteiger partial charge in [-0.25, -0.2) is 8.78 Å². The standard InChI is InChI=1S/C15H14F2N2O2/c1-21-12-5-6-13(17)14(8-12)18-9-15(20)19-11-4-2-3-10(16)7-11/h2-8,18H,9H2,1H3,(H,19,20). The first-order chi connectivity index (χ1) is 10.1. The molecular weight excluding hydrogens is 278 g/mol. The third kappa shape index (κ3) is 4.17. The number of halogens is 2. The molecular formula is C15H14F2N2O2. The Morgan fingerprint density at radius 1 is 1.19 bits per heavy atom. The lowest BCUT2D eigenvalue weighted by molar-refractivity contribution is -0.114. The zero-order valence-corrected chi connectivity index (χ0v) is 11.3. The highest BCUT2D eigenvalue weighted by Gasteiger charge is 2.07. The van der Waals surface area contributed by atoms with Crippen LogP contribution in [-0.2, 0) is 4.79 Å². The molecule has 0 aliphatic carbocycles. The van der Waals surface area contributed by atoms with Crippen molar-refractivity contribution < 1.29 is 18.3 Å². The molecule has 0 aliphatic rings. The van der Waals surface area contributed by atoms with E-state index in [1.165, 1.54) is 43.5 Å². The lowest BCUT2D eigenvalue weighted by atomic mass is 10.2. The summed E-state index contributed by atoms with van der Waals surface area (Å²) in [5, 5.41) is 5.17. The van der Waals surface area contributed by atoms with Gasteiger partial charge in [-0.2, -0.15) is 0 Å². The van der Waals surface area contributed by atoms with Gasteiger partial charge in [0, 0.05) is 11.8 Å². The van der Waals surface area contributed by atoms with E-state index in [1.54, 1.807) is 6.07 Å². The van der Waals surface area contributed by atoms with Crippen molar-refractivity contribution in [1.29, 1.82) is 0 Å². The van der Waals surface area contributed by atoms with Crippen molar-refractivity contribution in [2.24, 2.45) is 0 Å². The molecule has 21 heavy (non-hydrogen) atoms. The molecule has 2 N–H and O–H groups in total. The third-order valence-corrected chi connectivity index (χ3v) is 2.72. The van der Waals surface area contributed by atoms with Crippen LogP contribution in [0.4, 0.5) is 20.2 Å². The number of carbonyl (C=O) groups is 1. The number of rotatable bonds is 5. The fourth-order valence-electron chi connectivity index (χ4n) is 1.71. The van der Waals surface area contributed by atoms with E-state index in [4.69, 9.17) is 4.74 Å². The van der Waals surface area contributed by atoms with Crippen LogP contribution in [-0.4, -0.2) is 19.6 Å². The van der Waals surface area contributed by atoms with E-state index in [1.807, 2.05) is 0 Å². The Labute approximate surface area is 120 Å². The van der Waals surface area contributed by atoms with Gasteiger partial charge >= 0.3 is 0 Å². The Bertz CT molecular complexity index is 647. The van der Waals surface area contributed by atoms with E-state index in [0.29, 0.717) is 11.4 Å². The predicted molar refractivity (Wildman–Crippen MR) is 76.5 cm³/mol. The lowest BCUT2D eigenvalue weighted by Gasteiger charge is -2.10. The maximum Gasteiger partial charge on any atom is 0.243 e. The van der Waals surface area contributed by atoms with Crippen molar-refractivity contribution >= 4 is 17.3 Å². The van der Waals surface area contributed by atoms with Gasteiger partial charge in [0.15, 0.2) is 0 Å². The van der Waals surface area contributed by atoms with Crippen molar-refractivity contribution in [3.8, 4) is 5.75 Å². The zero-order chi connectivity index (χ0) is 15.2. The molecule has 0 saturated heterocycles. The fourth-order valence-corrected chi connectivity index (χ4v) is 1.71. The molecule has 1 amide bonds. The first-order valence-corrected chi connectivity index (χ1v) is 6.21. The average molecular weight is 292 g/mol. The minimum atomic E-state index is -0.491. The second-order valence-corrected chi connectivity index (χ2v) is 4.26. The number of hydrogen-bond acceptors (Lipinski definition) is 3. The topological polar surface area (TPSA) is 50.4 Å². The van der Waals surface area contributed by atoms with Crippen LogP contribution < -0.4 is 15.4 Å². The first kappa shape index (κ1) is 14.8. The Morgan fingerprint density at radius 3 is 2.71 bits per heavy atom. The van der Waals surface area contributed by atoms with Crippen molar-refractivity contribution in [3.63, 3.8) is 0 Å². The maximum absolute atomic E-state index is 13.5. The molecule has 4 nitrogen and oxygen atoms in total. The van der Waals surface area contributed by atoms with Gasteiger partial charge in [0.25, 0.3) is 0 Å². The molecule has 6 heteroatoms. The molecule has 2 aromatic carbocycles. The lowest BCUT2D eigenvalue weighted by Crippen LogP contribution is -2.22. The Balaban J connectivity index is 1.95. The Morgan fingerprint density at radius 2 is 2.00 bits per heavy atom. The summed E-state index contributed by atoms with van der Waals surface area (Å²) in [6.45, 7) is -0.152. The van der Waals surface area contributed by atoms with Crippen LogP contribution in [0.3, 0.4) is 0 Å². The number of hydrogen-bond donors (Lipinski definition) is 2. The molecule has 2 rings (SSSR count). The highest BCUT2D eigenvalue weighted by Crippen LogP contribution is 2.20. The summed E-state index contributed by atoms with van der Waals surface area (Å²) in [5.74, 6) is -0.874. The average Bonchev–Trinajstić information content (AvgIpc) is 2.46. The van der Waals surface area contributed by atoms with Gasteiger partial charge in [0.05, 0.1) is 19.3 Å². The quantitative estimate of drug-likeness (QED) is 0.890. The number of methoxy groups -OCH3 is 1. The van der Waals surface area contributed by atoms with Crippen molar-refractivity contribution in [1.82, 2.24) is 0 Å². The van der Waals surface area contributed by atoms with Gasteiger partial charge in [-0.3, -0.25) is 4.79 Å². The van der Waals surface area contributed by atoms with Crippen LogP contribution in [0.1, 0.15) is 0 Å². The molecule has 0 atom stereocenters. The third-order valence-electron chi connectivity index (χ3n) is 2.72. The number of benzene rings is 2. The van der Waals surface area contributed by atoms with Crippen LogP contribution in [0.2, 0.25) is 0 Å². The molecule has 0 unspecified atom stereocenters. The van der Waals surface area contributed by atoms with Gasteiger partial charge in [-0.1, -0.05) is 6.07 Å². The summed E-state index contributed by atoms with van der Waals surface area (Å²) in [6.07, 6.45) is 0. The second kappa shape index (κ2) is 6.69. The van der Waals surface area contributed by atoms with E-state index in [-0.39, 0.29) is 12.2 Å². The highest BCUT2D eigenvalue weighted by molar-refractivity contribution is 5.93. The van der Waals surface area contributed by atoms with E-state index in [0.717, 1.165) is 0 Å². The normalized spacial score (nSPS) is 10.0. The predicted octanol–water partition coefficient (Wildman–Crippen LogP) is 3.02. The molecule has 0 heterocycles. The van der Waals surface area contributed by atoms with Crippen LogP contribution >= 0.6 is 0 Å². The summed E-state index contributed by atoms with van der Waals surface area (Å²) < 4.78 is 31.5. The molecule has 0 radical (unpaired) electrons. The van der Waals surface area contributed by atoms with Crippen LogP contribution in [0, 0.1) is 11.6 Å². The van der Waals surface area contributed by atoms with Gasteiger partial charge in [-0.05, 0) is 30.3 Å². The summed E-state index contributed by atoms with van der Waals surface area (Å²) in [4.78, 5) is 11.7. The van der Waals surface area contributed by atoms with E-state index < -0.39 is 17.5 Å². The van der Waals surface area contributed by atoms with Crippen molar-refractivity contribution in [3.05, 3.63) is 54.1 Å². The molecule has 2 aromatic rings. The summed E-state index contributed by atoms with van der Waals surface area (Å²) in [5.41, 5.74) is 0.497. The maximum atomic E-state index is 13.5. The van der Waals surface area contributed by atoms with E-state index >= 15 is 0 Å². The molecule has 0 fully saturated rings. The monoisotopic (exact) mass is 292 g/mol. The van der Waals surface area contributed by atoms with Crippen LogP contribution in [0.5, 0.6) is 5.75 Å². The minimum absolute atomic E-state index is 0.152. The molecule has 0 spiro atoms. The van der Waals surface area contributed by atoms with Gasteiger partial charge in [0.1, 0.15) is 17.4 Å². The zero-order valence-electron chi connectivity index (χ0n) is 11.3. The number of nitrogens with one attached hydrogen (secondary N) is 2. The Kier molecular flexibility index (Phi) is 4.71. The van der Waals surface area contributed by atoms with Gasteiger partial charge < -0.3 is 15.4 Å². The molecule has 0 bridgehead atoms. The molecule has 110 valence electrons. The van der Waals surface area contributed by atoms with E-state index in [2.05, 4.69) is 10.6 Å². The molecule has 0 aromatic heterocycles. The van der Waals surface area contributed by atoms with Crippen molar-refractivity contribution in [2.75, 3.05) is 24.3 Å². The Hall–Kier alpha value is -2.63. The highest BCUT2D eigenvalue weighted by atomic mass is 19.1. The van der Waals surface area contributed by atoms with Crippen LogP contribution in [0.15, 0.2) is 42.5 Å². The second-order valence-electron chi connectivity index (χ2n) is 4.26. The van der Waals surface area contributed by atoms with E-state index in [9.17, 15) is 13.6 Å². The fraction of sp³-hybridized carbons (Fsp3) is 0.133. The smallest absolute Gasteiger partial charge is 0.243 e. The largest absolute Gasteiger partial charge is 0.497 e. The first-order valence-electron chi connectivity index (χ1n) is 6.21. The van der Waals surface area contributed by atoms with Gasteiger partial charge in [-0.15, -0.1) is 0 Å². The SMILES string of the molecule is COc1ccc(F)c(NCC(=O)Nc2cccc(F)c2)c1. The number of amides is 1. The molecule has 0 saturated carbocycles. The summed E-state index contributed by atoms with van der Waals surface area (Å²) in [6, 6.07) is 9.69. The minimum Gasteiger partial charge on any atom is -0.497 e. The number of ether oxygens (including phenoxy) is 1. The van der Waals surface area contributed by atoms with Gasteiger partial charge in [0.2, 0.25) is 5.91 Å². The number of carbonyl (C=O) groups excluding carboxylic acids is 1. The van der Waals surface area contributed by atoms with Crippen LogP contribution in [0.25, 0.3) is 0 Å². The van der Waals surface area contributed by atoms with Crippen molar-refractivity contribution in [2.45, 2.75) is 0 Å².